The number of fused-ring (bicyclic) bond motifs is 3. The van der Waals surface area contributed by atoms with Gasteiger partial charge in [-0.1, -0.05) is 29.8 Å². The summed E-state index contributed by atoms with van der Waals surface area (Å²) in [5.41, 5.74) is 2.25. The highest BCUT2D eigenvalue weighted by atomic mass is 32.2. The summed E-state index contributed by atoms with van der Waals surface area (Å²) in [5, 5.41) is 0. The Balaban J connectivity index is 1.11. The molecule has 0 amide bonds. The van der Waals surface area contributed by atoms with E-state index >= 15 is 0 Å². The Kier molecular flexibility index (Phi) is 7.34. The number of hydrogen-bond donors (Lipinski definition) is 1. The van der Waals surface area contributed by atoms with Gasteiger partial charge < -0.3 is 9.64 Å². The van der Waals surface area contributed by atoms with E-state index in [2.05, 4.69) is 31.6 Å². The van der Waals surface area contributed by atoms with Gasteiger partial charge in [-0.3, -0.25) is 9.80 Å². The molecule has 0 aromatic heterocycles. The molecule has 4 heterocycles. The van der Waals surface area contributed by atoms with E-state index in [0.717, 1.165) is 63.5 Å². The molecule has 35 heavy (non-hydrogen) atoms. The van der Waals surface area contributed by atoms with Crippen LogP contribution in [-0.4, -0.2) is 83.7 Å². The van der Waals surface area contributed by atoms with Crippen LogP contribution in [0.3, 0.4) is 0 Å². The fourth-order valence-corrected chi connectivity index (χ4v) is 7.14. The molecule has 1 N–H and O–H groups in total. The van der Waals surface area contributed by atoms with Crippen LogP contribution in [0.25, 0.3) is 0 Å². The molecule has 4 unspecified atom stereocenters. The fourth-order valence-electron chi connectivity index (χ4n) is 6.07. The number of para-hydroxylation sites is 2. The third-order valence-electron chi connectivity index (χ3n) is 8.15. The molecule has 2 aromatic rings. The van der Waals surface area contributed by atoms with E-state index in [4.69, 9.17) is 4.74 Å². The minimum absolute atomic E-state index is 0.299. The Morgan fingerprint density at radius 3 is 2.43 bits per heavy atom. The number of nitrogens with zero attached hydrogens (tertiary/aromatic N) is 3. The summed E-state index contributed by atoms with van der Waals surface area (Å²) in [7, 11) is -1.72. The van der Waals surface area contributed by atoms with Gasteiger partial charge in [-0.15, -0.1) is 0 Å². The van der Waals surface area contributed by atoms with E-state index in [1.807, 2.05) is 31.2 Å². The molecule has 0 aliphatic carbocycles. The topological polar surface area (TPSA) is 65.1 Å². The minimum Gasteiger partial charge on any atom is -0.495 e. The first-order valence-electron chi connectivity index (χ1n) is 12.8. The van der Waals surface area contributed by atoms with Gasteiger partial charge in [-0.05, 0) is 62.4 Å². The number of hydrogen-bond acceptors (Lipinski definition) is 6. The van der Waals surface area contributed by atoms with Crippen LogP contribution >= 0.6 is 0 Å². The van der Waals surface area contributed by atoms with Gasteiger partial charge >= 0.3 is 0 Å². The highest BCUT2D eigenvalue weighted by molar-refractivity contribution is 7.89. The highest BCUT2D eigenvalue weighted by Crippen LogP contribution is 2.37. The molecule has 7 nitrogen and oxygen atoms in total. The monoisotopic (exact) mass is 498 g/mol. The number of rotatable bonds is 8. The van der Waals surface area contributed by atoms with Crippen LogP contribution < -0.4 is 14.4 Å². The van der Waals surface area contributed by atoms with Crippen LogP contribution in [0.1, 0.15) is 18.4 Å². The summed E-state index contributed by atoms with van der Waals surface area (Å²) in [6, 6.07) is 15.7. The number of nitrogens with one attached hydrogen (secondary N) is 1. The minimum atomic E-state index is -3.46. The lowest BCUT2D eigenvalue weighted by molar-refractivity contribution is -0.0107. The van der Waals surface area contributed by atoms with Gasteiger partial charge in [-0.2, -0.15) is 0 Å². The van der Waals surface area contributed by atoms with Crippen LogP contribution in [0.15, 0.2) is 53.4 Å². The van der Waals surface area contributed by atoms with Crippen molar-refractivity contribution in [3.8, 4) is 5.75 Å². The zero-order valence-corrected chi connectivity index (χ0v) is 21.7. The number of benzene rings is 2. The van der Waals surface area contributed by atoms with E-state index in [1.54, 1.807) is 19.2 Å². The predicted octanol–water partition coefficient (Wildman–Crippen LogP) is 2.81. The molecule has 2 bridgehead atoms. The second-order valence-corrected chi connectivity index (χ2v) is 12.1. The molecule has 6 rings (SSSR count). The van der Waals surface area contributed by atoms with Crippen LogP contribution in [0.2, 0.25) is 0 Å². The Bertz CT molecular complexity index is 1100. The molecule has 4 fully saturated rings. The summed E-state index contributed by atoms with van der Waals surface area (Å²) < 4.78 is 33.9. The van der Waals surface area contributed by atoms with Crippen LogP contribution in [0.4, 0.5) is 5.69 Å². The molecular formula is C27H38N4O3S. The standard InChI is InChI=1S/C27H38N4O3S/c1-21-7-9-25(10-8-21)35(32,33)28-18-24-17-22-11-12-31(24)20-23(22)19-29-13-15-30(16-14-29)26-5-3-4-6-27(26)34-2/h3-10,22-24,28H,11-20H2,1-2H3. The number of methoxy groups -OCH3 is 1. The second kappa shape index (κ2) is 10.5. The van der Waals surface area contributed by atoms with Gasteiger partial charge in [0.25, 0.3) is 0 Å². The first-order chi connectivity index (χ1) is 16.9. The number of aryl methyl sites for hydroxylation is 1. The lowest BCUT2D eigenvalue weighted by Crippen LogP contribution is -2.59. The maximum Gasteiger partial charge on any atom is 0.240 e. The Morgan fingerprint density at radius 1 is 1.00 bits per heavy atom. The number of ether oxygens (including phenoxy) is 1. The lowest BCUT2D eigenvalue weighted by Gasteiger charge is -2.51. The molecule has 0 spiro atoms. The number of anilines is 1. The predicted molar refractivity (Wildman–Crippen MR) is 140 cm³/mol. The average molecular weight is 499 g/mol. The zero-order valence-electron chi connectivity index (χ0n) is 20.9. The lowest BCUT2D eigenvalue weighted by atomic mass is 9.75. The van der Waals surface area contributed by atoms with Crippen molar-refractivity contribution in [1.29, 1.82) is 0 Å². The maximum absolute atomic E-state index is 12.7. The van der Waals surface area contributed by atoms with Crippen LogP contribution in [0, 0.1) is 18.8 Å². The van der Waals surface area contributed by atoms with E-state index in [-0.39, 0.29) is 0 Å². The van der Waals surface area contributed by atoms with Crippen molar-refractivity contribution in [3.63, 3.8) is 0 Å². The number of sulfonamides is 1. The first-order valence-corrected chi connectivity index (χ1v) is 14.3. The van der Waals surface area contributed by atoms with Gasteiger partial charge in [0.05, 0.1) is 17.7 Å². The summed E-state index contributed by atoms with van der Waals surface area (Å²) in [6.07, 6.45) is 2.31. The molecule has 190 valence electrons. The van der Waals surface area contributed by atoms with E-state index < -0.39 is 10.0 Å². The molecule has 4 saturated heterocycles. The summed E-state index contributed by atoms with van der Waals surface area (Å²) >= 11 is 0. The largest absolute Gasteiger partial charge is 0.495 e. The second-order valence-electron chi connectivity index (χ2n) is 10.3. The van der Waals surface area contributed by atoms with Crippen molar-refractivity contribution in [3.05, 3.63) is 54.1 Å². The summed E-state index contributed by atoms with van der Waals surface area (Å²) in [5.74, 6) is 2.30. The van der Waals surface area contributed by atoms with Gasteiger partial charge in [0, 0.05) is 51.9 Å². The zero-order chi connectivity index (χ0) is 24.4. The van der Waals surface area contributed by atoms with Crippen molar-refractivity contribution in [2.45, 2.75) is 30.7 Å². The van der Waals surface area contributed by atoms with Gasteiger partial charge in [0.1, 0.15) is 5.75 Å². The van der Waals surface area contributed by atoms with Crippen molar-refractivity contribution in [2.24, 2.45) is 11.8 Å². The van der Waals surface area contributed by atoms with Crippen molar-refractivity contribution in [2.75, 3.05) is 64.4 Å². The molecule has 4 atom stereocenters. The summed E-state index contributed by atoms with van der Waals surface area (Å²) in [6.45, 7) is 9.94. The SMILES string of the molecule is COc1ccccc1N1CCN(CC2CN3CCC2CC3CNS(=O)(=O)c2ccc(C)cc2)CC1. The molecule has 0 saturated carbocycles. The van der Waals surface area contributed by atoms with Crippen LogP contribution in [-0.2, 0) is 10.0 Å². The Labute approximate surface area is 210 Å². The average Bonchev–Trinajstić information content (AvgIpc) is 2.89. The fraction of sp³-hybridized carbons (Fsp3) is 0.556. The summed E-state index contributed by atoms with van der Waals surface area (Å²) in [4.78, 5) is 7.92. The normalized spacial score (nSPS) is 27.2. The van der Waals surface area contributed by atoms with E-state index in [9.17, 15) is 8.42 Å². The number of piperidine rings is 3. The molecular weight excluding hydrogens is 460 g/mol. The Hall–Kier alpha value is -2.13. The smallest absolute Gasteiger partial charge is 0.240 e. The molecule has 4 aliphatic heterocycles. The van der Waals surface area contributed by atoms with E-state index in [0.29, 0.717) is 29.3 Å². The van der Waals surface area contributed by atoms with E-state index in [1.165, 1.54) is 12.1 Å². The maximum atomic E-state index is 12.7. The molecule has 2 aromatic carbocycles. The Morgan fingerprint density at radius 2 is 1.74 bits per heavy atom. The number of piperazine rings is 1. The first kappa shape index (κ1) is 24.6. The molecule has 8 heteroatoms. The van der Waals surface area contributed by atoms with Crippen LogP contribution in [0.5, 0.6) is 5.75 Å². The third-order valence-corrected chi connectivity index (χ3v) is 9.58. The van der Waals surface area contributed by atoms with Gasteiger partial charge in [0.15, 0.2) is 0 Å². The highest BCUT2D eigenvalue weighted by Gasteiger charge is 2.41. The van der Waals surface area contributed by atoms with Crippen molar-refractivity contribution >= 4 is 15.7 Å². The molecule has 4 aliphatic rings. The van der Waals surface area contributed by atoms with Crippen molar-refractivity contribution in [1.82, 2.24) is 14.5 Å². The molecule has 0 radical (unpaired) electrons. The van der Waals surface area contributed by atoms with Gasteiger partial charge in [-0.25, -0.2) is 13.1 Å². The third kappa shape index (κ3) is 5.50. The quantitative estimate of drug-likeness (QED) is 0.604. The van der Waals surface area contributed by atoms with Crippen molar-refractivity contribution < 1.29 is 13.2 Å². The van der Waals surface area contributed by atoms with Gasteiger partial charge in [0.2, 0.25) is 10.0 Å².